The van der Waals surface area contributed by atoms with E-state index in [4.69, 9.17) is 0 Å². The Morgan fingerprint density at radius 1 is 1.21 bits per heavy atom. The highest BCUT2D eigenvalue weighted by atomic mass is 79.9. The van der Waals surface area contributed by atoms with Crippen molar-refractivity contribution in [3.63, 3.8) is 0 Å². The molecule has 1 heterocycles. The highest BCUT2D eigenvalue weighted by Crippen LogP contribution is 2.23. The molecule has 0 aliphatic rings. The van der Waals surface area contributed by atoms with Crippen molar-refractivity contribution in [1.29, 1.82) is 0 Å². The monoisotopic (exact) mass is 532 g/mol. The fraction of sp³-hybridized carbons (Fsp3) is 0.238. The van der Waals surface area contributed by atoms with Crippen molar-refractivity contribution in [3.05, 3.63) is 74.0 Å². The molecular weight excluding hydrogens is 512 g/mol. The van der Waals surface area contributed by atoms with Crippen molar-refractivity contribution < 1.29 is 14.5 Å². The number of nitro groups is 1. The molecule has 0 saturated heterocycles. The first kappa shape index (κ1) is 24.4. The number of nitrogens with one attached hydrogen (secondary N) is 2. The highest BCUT2D eigenvalue weighted by Gasteiger charge is 2.16. The number of thioether (sulfide) groups is 1. The van der Waals surface area contributed by atoms with E-state index in [9.17, 15) is 19.7 Å². The number of halogens is 1. The molecule has 3 aromatic rings. The van der Waals surface area contributed by atoms with Gasteiger partial charge in [0.25, 0.3) is 11.6 Å². The van der Waals surface area contributed by atoms with Crippen LogP contribution in [-0.2, 0) is 17.9 Å². The summed E-state index contributed by atoms with van der Waals surface area (Å²) < 4.78 is 2.53. The predicted molar refractivity (Wildman–Crippen MR) is 128 cm³/mol. The predicted octanol–water partition coefficient (Wildman–Crippen LogP) is 3.94. The van der Waals surface area contributed by atoms with Gasteiger partial charge in [-0.1, -0.05) is 23.9 Å². The molecule has 3 rings (SSSR count). The summed E-state index contributed by atoms with van der Waals surface area (Å²) >= 11 is 4.58. The molecule has 2 aromatic carbocycles. The Kier molecular flexibility index (Phi) is 8.17. The minimum Gasteiger partial charge on any atom is -0.345 e. The standard InChI is InChI=1S/C21H21BrN6O4S/c1-3-27-18(11-23-20(30)15-6-4-5-7-16(15)22)25-26-21(27)33-12-19(29)24-17-9-8-14(28(31)32)10-13(17)2/h4-10H,3,11-12H2,1-2H3,(H,23,30)(H,24,29). The maximum Gasteiger partial charge on any atom is 0.269 e. The van der Waals surface area contributed by atoms with Crippen LogP contribution >= 0.6 is 27.7 Å². The molecule has 0 bridgehead atoms. The molecule has 0 radical (unpaired) electrons. The second-order valence-corrected chi connectivity index (χ2v) is 8.70. The lowest BCUT2D eigenvalue weighted by molar-refractivity contribution is -0.384. The van der Waals surface area contributed by atoms with Gasteiger partial charge < -0.3 is 15.2 Å². The molecule has 1 aromatic heterocycles. The molecule has 0 fully saturated rings. The Bertz CT molecular complexity index is 1200. The number of non-ortho nitro benzene ring substituents is 1. The minimum absolute atomic E-state index is 0.0323. The lowest BCUT2D eigenvalue weighted by atomic mass is 10.2. The van der Waals surface area contributed by atoms with E-state index < -0.39 is 4.92 Å². The number of anilines is 1. The topological polar surface area (TPSA) is 132 Å². The molecule has 10 nitrogen and oxygen atoms in total. The molecule has 0 aliphatic heterocycles. The average molecular weight is 533 g/mol. The first-order valence-corrected chi connectivity index (χ1v) is 11.7. The first-order valence-electron chi connectivity index (χ1n) is 9.92. The summed E-state index contributed by atoms with van der Waals surface area (Å²) in [6, 6.07) is 11.4. The fourth-order valence-corrected chi connectivity index (χ4v) is 4.28. The molecule has 33 heavy (non-hydrogen) atoms. The van der Waals surface area contributed by atoms with Crippen LogP contribution in [0.15, 0.2) is 52.1 Å². The van der Waals surface area contributed by atoms with E-state index in [-0.39, 0.29) is 29.8 Å². The van der Waals surface area contributed by atoms with Gasteiger partial charge in [0.2, 0.25) is 5.91 Å². The molecule has 0 saturated carbocycles. The number of rotatable bonds is 9. The van der Waals surface area contributed by atoms with Crippen LogP contribution in [0.5, 0.6) is 0 Å². The van der Waals surface area contributed by atoms with E-state index in [0.717, 1.165) is 0 Å². The summed E-state index contributed by atoms with van der Waals surface area (Å²) in [5.74, 6) is 0.149. The van der Waals surface area contributed by atoms with Crippen LogP contribution in [-0.4, -0.2) is 37.3 Å². The molecule has 172 valence electrons. The van der Waals surface area contributed by atoms with Crippen molar-refractivity contribution in [3.8, 4) is 0 Å². The Morgan fingerprint density at radius 3 is 2.64 bits per heavy atom. The third-order valence-electron chi connectivity index (χ3n) is 4.66. The summed E-state index contributed by atoms with van der Waals surface area (Å²) in [6.07, 6.45) is 0. The van der Waals surface area contributed by atoms with Gasteiger partial charge in [-0.2, -0.15) is 0 Å². The van der Waals surface area contributed by atoms with Gasteiger partial charge in [0, 0.05) is 28.8 Å². The van der Waals surface area contributed by atoms with Gasteiger partial charge >= 0.3 is 0 Å². The number of hydrogen-bond donors (Lipinski definition) is 2. The van der Waals surface area contributed by atoms with Crippen molar-refractivity contribution in [2.75, 3.05) is 11.1 Å². The zero-order valence-electron chi connectivity index (χ0n) is 17.9. The van der Waals surface area contributed by atoms with Crippen LogP contribution in [0.4, 0.5) is 11.4 Å². The van der Waals surface area contributed by atoms with Gasteiger partial charge in [0.05, 0.1) is 22.8 Å². The lowest BCUT2D eigenvalue weighted by Gasteiger charge is -2.10. The summed E-state index contributed by atoms with van der Waals surface area (Å²) in [4.78, 5) is 35.2. The quantitative estimate of drug-likeness (QED) is 0.242. The van der Waals surface area contributed by atoms with Gasteiger partial charge in [0.15, 0.2) is 11.0 Å². The Balaban J connectivity index is 1.58. The molecule has 0 atom stereocenters. The van der Waals surface area contributed by atoms with Crippen LogP contribution in [0.2, 0.25) is 0 Å². The number of nitrogens with zero attached hydrogens (tertiary/aromatic N) is 4. The van der Waals surface area contributed by atoms with E-state index in [1.807, 2.05) is 17.6 Å². The molecule has 2 N–H and O–H groups in total. The average Bonchev–Trinajstić information content (AvgIpc) is 3.19. The summed E-state index contributed by atoms with van der Waals surface area (Å²) in [7, 11) is 0. The number of carbonyl (C=O) groups is 2. The molecule has 0 aliphatic carbocycles. The third kappa shape index (κ3) is 6.17. The third-order valence-corrected chi connectivity index (χ3v) is 6.32. The second kappa shape index (κ2) is 11.1. The SMILES string of the molecule is CCn1c(CNC(=O)c2ccccc2Br)nnc1SCC(=O)Nc1ccc([N+](=O)[O-])cc1C. The number of hydrogen-bond acceptors (Lipinski definition) is 7. The largest absolute Gasteiger partial charge is 0.345 e. The van der Waals surface area contributed by atoms with E-state index in [1.54, 1.807) is 25.1 Å². The second-order valence-electron chi connectivity index (χ2n) is 6.90. The number of benzene rings is 2. The number of amides is 2. The Labute approximate surface area is 202 Å². The zero-order valence-corrected chi connectivity index (χ0v) is 20.3. The molecule has 0 spiro atoms. The summed E-state index contributed by atoms with van der Waals surface area (Å²) in [6.45, 7) is 4.37. The van der Waals surface area contributed by atoms with Gasteiger partial charge in [-0.25, -0.2) is 0 Å². The van der Waals surface area contributed by atoms with Gasteiger partial charge in [-0.3, -0.25) is 19.7 Å². The molecule has 0 unspecified atom stereocenters. The number of aryl methyl sites for hydroxylation is 1. The molecular formula is C21H21BrN6O4S. The van der Waals surface area contributed by atoms with Crippen LogP contribution < -0.4 is 10.6 Å². The Hall–Kier alpha value is -3.25. The smallest absolute Gasteiger partial charge is 0.269 e. The summed E-state index contributed by atoms with van der Waals surface area (Å²) in [5.41, 5.74) is 1.60. The maximum absolute atomic E-state index is 12.4. The van der Waals surface area contributed by atoms with Gasteiger partial charge in [0.1, 0.15) is 0 Å². The first-order chi connectivity index (χ1) is 15.8. The molecule has 12 heteroatoms. The lowest BCUT2D eigenvalue weighted by Crippen LogP contribution is -2.25. The van der Waals surface area contributed by atoms with Crippen LogP contribution in [0.3, 0.4) is 0 Å². The Morgan fingerprint density at radius 2 is 1.97 bits per heavy atom. The van der Waals surface area contributed by atoms with Crippen LogP contribution in [0, 0.1) is 17.0 Å². The summed E-state index contributed by atoms with van der Waals surface area (Å²) in [5, 5.41) is 25.3. The van der Waals surface area contributed by atoms with Crippen molar-refractivity contribution in [1.82, 2.24) is 20.1 Å². The van der Waals surface area contributed by atoms with E-state index in [2.05, 4.69) is 36.8 Å². The normalized spacial score (nSPS) is 10.6. The minimum atomic E-state index is -0.481. The van der Waals surface area contributed by atoms with Crippen LogP contribution in [0.1, 0.15) is 28.7 Å². The highest BCUT2D eigenvalue weighted by molar-refractivity contribution is 9.10. The van der Waals surface area contributed by atoms with Crippen LogP contribution in [0.25, 0.3) is 0 Å². The molecule has 2 amide bonds. The van der Waals surface area contributed by atoms with E-state index in [1.165, 1.54) is 30.0 Å². The fourth-order valence-electron chi connectivity index (χ4n) is 2.99. The van der Waals surface area contributed by atoms with Crippen molar-refractivity contribution in [2.45, 2.75) is 32.1 Å². The van der Waals surface area contributed by atoms with Gasteiger partial charge in [-0.15, -0.1) is 10.2 Å². The van der Waals surface area contributed by atoms with E-state index in [0.29, 0.717) is 38.8 Å². The van der Waals surface area contributed by atoms with E-state index >= 15 is 0 Å². The number of carbonyl (C=O) groups excluding carboxylic acids is 2. The number of aromatic nitrogens is 3. The number of nitro benzene ring substituents is 1. The van der Waals surface area contributed by atoms with Crippen molar-refractivity contribution >= 4 is 50.9 Å². The zero-order chi connectivity index (χ0) is 24.0. The van der Waals surface area contributed by atoms with Gasteiger partial charge in [-0.05, 0) is 53.5 Å². The van der Waals surface area contributed by atoms with Crippen molar-refractivity contribution in [2.24, 2.45) is 0 Å². The maximum atomic E-state index is 12.4.